The zero-order valence-electron chi connectivity index (χ0n) is 13.2. The van der Waals surface area contributed by atoms with Gasteiger partial charge in [0.25, 0.3) is 0 Å². The summed E-state index contributed by atoms with van der Waals surface area (Å²) < 4.78 is 0. The van der Waals surface area contributed by atoms with Gasteiger partial charge < -0.3 is 5.73 Å². The molecule has 1 saturated carbocycles. The average Bonchev–Trinajstić information content (AvgIpc) is 2.33. The van der Waals surface area contributed by atoms with Crippen molar-refractivity contribution in [2.75, 3.05) is 24.6 Å². The molecule has 2 rings (SSSR count). The summed E-state index contributed by atoms with van der Waals surface area (Å²) in [5.74, 6) is 4.16. The predicted molar refractivity (Wildman–Crippen MR) is 86.6 cm³/mol. The molecule has 4 atom stereocenters. The molecule has 1 aliphatic carbocycles. The van der Waals surface area contributed by atoms with Gasteiger partial charge in [-0.1, -0.05) is 20.8 Å². The van der Waals surface area contributed by atoms with Crippen molar-refractivity contribution in [3.63, 3.8) is 0 Å². The van der Waals surface area contributed by atoms with Crippen LogP contribution >= 0.6 is 11.8 Å². The van der Waals surface area contributed by atoms with Crippen molar-refractivity contribution in [1.82, 2.24) is 4.90 Å². The van der Waals surface area contributed by atoms with E-state index in [0.29, 0.717) is 17.4 Å². The molecule has 19 heavy (non-hydrogen) atoms. The quantitative estimate of drug-likeness (QED) is 0.844. The summed E-state index contributed by atoms with van der Waals surface area (Å²) in [4.78, 5) is 2.69. The molecule has 0 aromatic rings. The van der Waals surface area contributed by atoms with E-state index in [2.05, 4.69) is 44.4 Å². The van der Waals surface area contributed by atoms with Crippen LogP contribution in [0.15, 0.2) is 0 Å². The lowest BCUT2D eigenvalue weighted by atomic mass is 9.67. The van der Waals surface area contributed by atoms with E-state index in [1.54, 1.807) is 0 Å². The van der Waals surface area contributed by atoms with Gasteiger partial charge in [0.2, 0.25) is 0 Å². The first-order valence-electron chi connectivity index (χ1n) is 7.95. The normalized spacial score (nSPS) is 38.4. The standard InChI is InChI=1S/C16H32N2S/c1-12-11-19-8-7-18(12)10-13-9-14(16(2,3)4)5-6-15(13)17/h12-15H,5-11,17H2,1-4H3. The van der Waals surface area contributed by atoms with Crippen LogP contribution in [-0.2, 0) is 0 Å². The van der Waals surface area contributed by atoms with Gasteiger partial charge in [0.05, 0.1) is 0 Å². The first-order valence-corrected chi connectivity index (χ1v) is 9.10. The molecule has 3 heteroatoms. The number of hydrogen-bond donors (Lipinski definition) is 1. The van der Waals surface area contributed by atoms with Crippen LogP contribution in [0.2, 0.25) is 0 Å². The Kier molecular flexibility index (Phi) is 5.24. The van der Waals surface area contributed by atoms with Gasteiger partial charge in [-0.3, -0.25) is 4.90 Å². The SMILES string of the molecule is CC1CSCCN1CC1CC(C(C)(C)C)CCC1N. The highest BCUT2D eigenvalue weighted by atomic mass is 32.2. The van der Waals surface area contributed by atoms with Crippen LogP contribution in [0.1, 0.15) is 47.0 Å². The molecule has 1 heterocycles. The molecular weight excluding hydrogens is 252 g/mol. The minimum Gasteiger partial charge on any atom is -0.327 e. The molecule has 0 bridgehead atoms. The Morgan fingerprint density at radius 3 is 2.63 bits per heavy atom. The second-order valence-corrected chi connectivity index (χ2v) is 8.87. The van der Waals surface area contributed by atoms with Gasteiger partial charge in [-0.15, -0.1) is 0 Å². The topological polar surface area (TPSA) is 29.3 Å². The van der Waals surface area contributed by atoms with Crippen molar-refractivity contribution in [3.05, 3.63) is 0 Å². The average molecular weight is 285 g/mol. The van der Waals surface area contributed by atoms with Crippen molar-refractivity contribution in [2.45, 2.75) is 59.0 Å². The largest absolute Gasteiger partial charge is 0.327 e. The summed E-state index contributed by atoms with van der Waals surface area (Å²) in [7, 11) is 0. The maximum Gasteiger partial charge on any atom is 0.0158 e. The van der Waals surface area contributed by atoms with Gasteiger partial charge in [-0.25, -0.2) is 0 Å². The molecule has 0 aromatic heterocycles. The lowest BCUT2D eigenvalue weighted by Crippen LogP contribution is -2.49. The Hall–Kier alpha value is 0.270. The fourth-order valence-corrected chi connectivity index (χ4v) is 4.70. The Bertz CT molecular complexity index is 287. The summed E-state index contributed by atoms with van der Waals surface area (Å²) in [6.45, 7) is 12.1. The van der Waals surface area contributed by atoms with Crippen LogP contribution < -0.4 is 5.73 Å². The van der Waals surface area contributed by atoms with Gasteiger partial charge in [0.15, 0.2) is 0 Å². The van der Waals surface area contributed by atoms with Crippen molar-refractivity contribution in [3.8, 4) is 0 Å². The molecule has 1 saturated heterocycles. The second-order valence-electron chi connectivity index (χ2n) is 7.72. The van der Waals surface area contributed by atoms with E-state index in [0.717, 1.165) is 12.0 Å². The number of thioether (sulfide) groups is 1. The first kappa shape index (κ1) is 15.7. The number of rotatable bonds is 2. The van der Waals surface area contributed by atoms with E-state index < -0.39 is 0 Å². The van der Waals surface area contributed by atoms with Gasteiger partial charge in [0, 0.05) is 36.7 Å². The fraction of sp³-hybridized carbons (Fsp3) is 1.00. The molecule has 0 radical (unpaired) electrons. The van der Waals surface area contributed by atoms with E-state index in [1.807, 2.05) is 0 Å². The molecule has 1 aliphatic heterocycles. The fourth-order valence-electron chi connectivity index (χ4n) is 3.62. The lowest BCUT2D eigenvalue weighted by Gasteiger charge is -2.44. The second kappa shape index (κ2) is 6.36. The predicted octanol–water partition coefficient (Wildman–Crippen LogP) is 3.21. The summed E-state index contributed by atoms with van der Waals surface area (Å²) in [5.41, 5.74) is 6.86. The Morgan fingerprint density at radius 2 is 2.00 bits per heavy atom. The third-order valence-electron chi connectivity index (χ3n) is 5.24. The van der Waals surface area contributed by atoms with Crippen LogP contribution in [-0.4, -0.2) is 41.6 Å². The van der Waals surface area contributed by atoms with Crippen molar-refractivity contribution >= 4 is 11.8 Å². The van der Waals surface area contributed by atoms with Gasteiger partial charge >= 0.3 is 0 Å². The lowest BCUT2D eigenvalue weighted by molar-refractivity contribution is 0.0910. The molecule has 2 aliphatic rings. The first-order chi connectivity index (χ1) is 8.88. The van der Waals surface area contributed by atoms with Gasteiger partial charge in [-0.2, -0.15) is 11.8 Å². The maximum atomic E-state index is 6.42. The van der Waals surface area contributed by atoms with E-state index >= 15 is 0 Å². The Morgan fingerprint density at radius 1 is 1.26 bits per heavy atom. The van der Waals surface area contributed by atoms with Crippen molar-refractivity contribution in [2.24, 2.45) is 23.0 Å². The molecule has 0 aromatic carbocycles. The van der Waals surface area contributed by atoms with Gasteiger partial charge in [-0.05, 0) is 43.4 Å². The van der Waals surface area contributed by atoms with Crippen LogP contribution in [0, 0.1) is 17.3 Å². The van der Waals surface area contributed by atoms with Crippen LogP contribution in [0.25, 0.3) is 0 Å². The van der Waals surface area contributed by atoms with Crippen LogP contribution in [0.3, 0.4) is 0 Å². The zero-order chi connectivity index (χ0) is 14.0. The minimum atomic E-state index is 0.431. The molecule has 0 spiro atoms. The monoisotopic (exact) mass is 284 g/mol. The van der Waals surface area contributed by atoms with Gasteiger partial charge in [0.1, 0.15) is 0 Å². The molecular formula is C16H32N2S. The van der Waals surface area contributed by atoms with Crippen LogP contribution in [0.4, 0.5) is 0 Å². The highest BCUT2D eigenvalue weighted by Gasteiger charge is 2.35. The summed E-state index contributed by atoms with van der Waals surface area (Å²) >= 11 is 2.10. The third kappa shape index (κ3) is 4.12. The van der Waals surface area contributed by atoms with E-state index in [1.165, 1.54) is 43.9 Å². The summed E-state index contributed by atoms with van der Waals surface area (Å²) in [6, 6.07) is 1.17. The molecule has 4 unspecified atom stereocenters. The molecule has 2 fully saturated rings. The summed E-state index contributed by atoms with van der Waals surface area (Å²) in [6.07, 6.45) is 3.89. The Labute approximate surface area is 123 Å². The van der Waals surface area contributed by atoms with E-state index in [-0.39, 0.29) is 0 Å². The maximum absolute atomic E-state index is 6.42. The molecule has 0 amide bonds. The number of hydrogen-bond acceptors (Lipinski definition) is 3. The molecule has 112 valence electrons. The van der Waals surface area contributed by atoms with Crippen LogP contribution in [0.5, 0.6) is 0 Å². The summed E-state index contributed by atoms with van der Waals surface area (Å²) in [5, 5.41) is 0. The molecule has 2 nitrogen and oxygen atoms in total. The molecule has 2 N–H and O–H groups in total. The Balaban J connectivity index is 1.93. The highest BCUT2D eigenvalue weighted by Crippen LogP contribution is 2.40. The minimum absolute atomic E-state index is 0.431. The van der Waals surface area contributed by atoms with Crippen molar-refractivity contribution < 1.29 is 0 Å². The zero-order valence-corrected chi connectivity index (χ0v) is 14.0. The van der Waals surface area contributed by atoms with E-state index in [4.69, 9.17) is 5.73 Å². The number of nitrogens with two attached hydrogens (primary N) is 1. The van der Waals surface area contributed by atoms with Crippen molar-refractivity contribution in [1.29, 1.82) is 0 Å². The van der Waals surface area contributed by atoms with E-state index in [9.17, 15) is 0 Å². The highest BCUT2D eigenvalue weighted by molar-refractivity contribution is 7.99. The third-order valence-corrected chi connectivity index (χ3v) is 6.43. The number of nitrogens with zero attached hydrogens (tertiary/aromatic N) is 1. The smallest absolute Gasteiger partial charge is 0.0158 e.